The molecule has 2 aromatic heterocycles. The Morgan fingerprint density at radius 3 is 2.70 bits per heavy atom. The molecule has 258 valence electrons. The van der Waals surface area contributed by atoms with Crippen molar-refractivity contribution in [2.75, 3.05) is 44.2 Å². The summed E-state index contributed by atoms with van der Waals surface area (Å²) in [5.74, 6) is 0.926. The minimum atomic E-state index is -2.26. The molecule has 2 fully saturated rings. The SMILES string of the molecule is CC/C(F)=C\CC(NC[C@H](O[Si](C)(C)C(C)(C)C)c1ccc(O)c2[nH]c(=O)sc12)N1CCC2(CC1)CN(c1cc(C)ccn1)CCO2. The molecule has 3 aromatic rings. The van der Waals surface area contributed by atoms with Gasteiger partial charge in [0.15, 0.2) is 8.32 Å². The lowest BCUT2D eigenvalue weighted by atomic mass is 9.88. The number of likely N-dealkylation sites (tertiary alicyclic amines) is 1. The van der Waals surface area contributed by atoms with E-state index in [1.165, 1.54) is 5.56 Å². The number of aryl methyl sites for hydroxylation is 1. The number of aromatic hydroxyl groups is 1. The van der Waals surface area contributed by atoms with Crippen LogP contribution in [0.25, 0.3) is 10.2 Å². The zero-order valence-corrected chi connectivity index (χ0v) is 30.8. The van der Waals surface area contributed by atoms with E-state index >= 15 is 0 Å². The fourth-order valence-corrected chi connectivity index (χ4v) is 8.50. The fourth-order valence-electron chi connectivity index (χ4n) is 6.31. The van der Waals surface area contributed by atoms with Crippen molar-refractivity contribution in [3.8, 4) is 5.75 Å². The molecule has 2 aliphatic heterocycles. The van der Waals surface area contributed by atoms with Gasteiger partial charge in [-0.05, 0) is 74.5 Å². The Morgan fingerprint density at radius 2 is 2.02 bits per heavy atom. The molecule has 9 nitrogen and oxygen atoms in total. The number of aromatic amines is 1. The van der Waals surface area contributed by atoms with Crippen LogP contribution < -0.4 is 15.1 Å². The molecule has 0 amide bonds. The highest BCUT2D eigenvalue weighted by molar-refractivity contribution is 7.16. The molecule has 47 heavy (non-hydrogen) atoms. The predicted molar refractivity (Wildman–Crippen MR) is 192 cm³/mol. The smallest absolute Gasteiger partial charge is 0.305 e. The predicted octanol–water partition coefficient (Wildman–Crippen LogP) is 7.00. The molecule has 0 aliphatic carbocycles. The summed E-state index contributed by atoms with van der Waals surface area (Å²) < 4.78 is 28.7. The Morgan fingerprint density at radius 1 is 1.28 bits per heavy atom. The first-order valence-electron chi connectivity index (χ1n) is 16.9. The molecule has 4 heterocycles. The maximum atomic E-state index is 14.5. The number of anilines is 1. The van der Waals surface area contributed by atoms with Crippen LogP contribution in [0.3, 0.4) is 0 Å². The van der Waals surface area contributed by atoms with Crippen LogP contribution in [0, 0.1) is 6.92 Å². The van der Waals surface area contributed by atoms with Crippen molar-refractivity contribution in [1.29, 1.82) is 0 Å². The van der Waals surface area contributed by atoms with Crippen molar-refractivity contribution in [1.82, 2.24) is 20.2 Å². The standard InChI is InChI=1S/C35H52FN5O4SSi/c1-8-25(36)9-12-29(40-17-14-35(15-18-40)23-41(19-20-44-35)30-21-24(2)13-16-37-30)38-22-28(45-47(6,7)34(3,4)5)26-10-11-27(42)31-32(26)46-33(43)39-31/h9-11,13,16,21,28-29,38,42H,8,12,14-15,17-20,22-23H2,1-7H3,(H,39,43)/b25-9+/t28-,29?/m0/s1. The Kier molecular flexibility index (Phi) is 11.0. The highest BCUT2D eigenvalue weighted by Gasteiger charge is 2.42. The van der Waals surface area contributed by atoms with E-state index in [2.05, 4.69) is 71.9 Å². The summed E-state index contributed by atoms with van der Waals surface area (Å²) in [6.45, 7) is 19.4. The van der Waals surface area contributed by atoms with E-state index in [0.717, 1.165) is 61.7 Å². The van der Waals surface area contributed by atoms with Crippen LogP contribution in [0.5, 0.6) is 5.75 Å². The maximum Gasteiger partial charge on any atom is 0.305 e. The van der Waals surface area contributed by atoms with E-state index in [1.54, 1.807) is 12.1 Å². The molecule has 2 saturated heterocycles. The molecule has 5 rings (SSSR count). The molecule has 0 radical (unpaired) electrons. The van der Waals surface area contributed by atoms with Crippen molar-refractivity contribution in [3.05, 3.63) is 63.2 Å². The molecule has 3 N–H and O–H groups in total. The van der Waals surface area contributed by atoms with Gasteiger partial charge in [0.2, 0.25) is 0 Å². The second-order valence-electron chi connectivity index (χ2n) is 14.6. The molecule has 1 unspecified atom stereocenters. The molecule has 12 heteroatoms. The van der Waals surface area contributed by atoms with Gasteiger partial charge in [0.05, 0.1) is 35.0 Å². The summed E-state index contributed by atoms with van der Waals surface area (Å²) in [5.41, 5.74) is 2.26. The van der Waals surface area contributed by atoms with Gasteiger partial charge in [-0.15, -0.1) is 0 Å². The zero-order valence-electron chi connectivity index (χ0n) is 29.0. The number of allylic oxidation sites excluding steroid dienone is 1. The zero-order chi connectivity index (χ0) is 34.0. The van der Waals surface area contributed by atoms with Gasteiger partial charge in [-0.1, -0.05) is 51.2 Å². The number of ether oxygens (including phenoxy) is 1. The van der Waals surface area contributed by atoms with Crippen molar-refractivity contribution >= 4 is 35.7 Å². The van der Waals surface area contributed by atoms with E-state index in [1.807, 2.05) is 25.3 Å². The quantitative estimate of drug-likeness (QED) is 0.186. The number of thiazole rings is 1. The lowest BCUT2D eigenvalue weighted by Gasteiger charge is -2.49. The normalized spacial score (nSPS) is 19.4. The van der Waals surface area contributed by atoms with Crippen molar-refractivity contribution in [3.63, 3.8) is 0 Å². The molecule has 0 bridgehead atoms. The number of rotatable bonds is 11. The molecular formula is C35H52FN5O4SSi. The lowest BCUT2D eigenvalue weighted by molar-refractivity contribution is -0.0977. The molecule has 1 aromatic carbocycles. The number of pyridine rings is 1. The molecule has 2 atom stereocenters. The van der Waals surface area contributed by atoms with Gasteiger partial charge in [-0.2, -0.15) is 0 Å². The highest BCUT2D eigenvalue weighted by Crippen LogP contribution is 2.42. The Labute approximate surface area is 283 Å². The number of morpholine rings is 1. The molecule has 1 spiro atoms. The minimum Gasteiger partial charge on any atom is -0.506 e. The summed E-state index contributed by atoms with van der Waals surface area (Å²) in [6.07, 6.45) is 5.69. The van der Waals surface area contributed by atoms with E-state index < -0.39 is 8.32 Å². The molecule has 0 saturated carbocycles. The summed E-state index contributed by atoms with van der Waals surface area (Å²) >= 11 is 1.09. The van der Waals surface area contributed by atoms with Gasteiger partial charge in [-0.3, -0.25) is 15.0 Å². The van der Waals surface area contributed by atoms with Crippen LogP contribution in [-0.4, -0.2) is 79.4 Å². The van der Waals surface area contributed by atoms with Gasteiger partial charge >= 0.3 is 4.87 Å². The topological polar surface area (TPSA) is 103 Å². The van der Waals surface area contributed by atoms with Crippen LogP contribution >= 0.6 is 11.3 Å². The van der Waals surface area contributed by atoms with Crippen LogP contribution in [0.2, 0.25) is 18.1 Å². The third-order valence-corrected chi connectivity index (χ3v) is 15.7. The molecular weight excluding hydrogens is 634 g/mol. The number of hydrogen-bond donors (Lipinski definition) is 3. The summed E-state index contributed by atoms with van der Waals surface area (Å²) in [5, 5.41) is 14.2. The van der Waals surface area contributed by atoms with Gasteiger partial charge in [0.25, 0.3) is 0 Å². The average Bonchev–Trinajstić information content (AvgIpc) is 3.43. The number of benzene rings is 1. The van der Waals surface area contributed by atoms with Crippen molar-refractivity contribution < 1.29 is 18.7 Å². The van der Waals surface area contributed by atoms with Gasteiger partial charge in [0.1, 0.15) is 17.1 Å². The first-order valence-corrected chi connectivity index (χ1v) is 20.6. The number of nitrogens with one attached hydrogen (secondary N) is 2. The highest BCUT2D eigenvalue weighted by atomic mass is 32.1. The first-order chi connectivity index (χ1) is 22.2. The van der Waals surface area contributed by atoms with Crippen LogP contribution in [-0.2, 0) is 9.16 Å². The third kappa shape index (κ3) is 8.34. The number of phenols is 1. The number of hydrogen-bond acceptors (Lipinski definition) is 9. The summed E-state index contributed by atoms with van der Waals surface area (Å²) in [7, 11) is -2.26. The van der Waals surface area contributed by atoms with Crippen LogP contribution in [0.1, 0.15) is 70.6 Å². The summed E-state index contributed by atoms with van der Waals surface area (Å²) in [6, 6.07) is 7.65. The van der Waals surface area contributed by atoms with Gasteiger partial charge < -0.3 is 24.2 Å². The fraction of sp³-hybridized carbons (Fsp3) is 0.600. The lowest BCUT2D eigenvalue weighted by Crippen LogP contribution is -2.60. The van der Waals surface area contributed by atoms with Gasteiger partial charge in [0, 0.05) is 44.5 Å². The largest absolute Gasteiger partial charge is 0.506 e. The number of fused-ring (bicyclic) bond motifs is 1. The Balaban J connectivity index is 1.36. The molecule has 2 aliphatic rings. The Bertz CT molecular complexity index is 1610. The number of aromatic nitrogens is 2. The monoisotopic (exact) mass is 685 g/mol. The van der Waals surface area contributed by atoms with Crippen LogP contribution in [0.15, 0.2) is 47.2 Å². The van der Waals surface area contributed by atoms with E-state index in [0.29, 0.717) is 36.2 Å². The second-order valence-corrected chi connectivity index (χ2v) is 20.3. The van der Waals surface area contributed by atoms with E-state index in [9.17, 15) is 14.3 Å². The first kappa shape index (κ1) is 35.7. The van der Waals surface area contributed by atoms with Gasteiger partial charge in [-0.25, -0.2) is 9.37 Å². The summed E-state index contributed by atoms with van der Waals surface area (Å²) in [4.78, 5) is 24.3. The van der Waals surface area contributed by atoms with E-state index in [4.69, 9.17) is 9.16 Å². The maximum absolute atomic E-state index is 14.5. The second kappa shape index (κ2) is 14.5. The number of H-pyrrole nitrogens is 1. The van der Waals surface area contributed by atoms with E-state index in [-0.39, 0.29) is 39.4 Å². The number of piperidine rings is 1. The number of halogens is 1. The third-order valence-electron chi connectivity index (χ3n) is 10.2. The van der Waals surface area contributed by atoms with Crippen molar-refractivity contribution in [2.24, 2.45) is 0 Å². The van der Waals surface area contributed by atoms with Crippen molar-refractivity contribution in [2.45, 2.75) is 96.3 Å². The minimum absolute atomic E-state index is 0.0397. The number of nitrogens with zero attached hydrogens (tertiary/aromatic N) is 3. The Hall–Kier alpha value is -2.61. The number of phenolic OH excluding ortho intramolecular Hbond substituents is 1. The average molecular weight is 686 g/mol. The van der Waals surface area contributed by atoms with Crippen LogP contribution in [0.4, 0.5) is 10.2 Å².